The van der Waals surface area contributed by atoms with Crippen LogP contribution in [0.15, 0.2) is 30.3 Å². The fourth-order valence-corrected chi connectivity index (χ4v) is 1.75. The minimum Gasteiger partial charge on any atom is -0.466 e. The summed E-state index contributed by atoms with van der Waals surface area (Å²) >= 11 is 0. The second kappa shape index (κ2) is 12.1. The van der Waals surface area contributed by atoms with Gasteiger partial charge in [-0.15, -0.1) is 0 Å². The number of nitrogens with one attached hydrogen (secondary N) is 2. The van der Waals surface area contributed by atoms with Gasteiger partial charge in [0.1, 0.15) is 6.42 Å². The van der Waals surface area contributed by atoms with Gasteiger partial charge in [-0.2, -0.15) is 0 Å². The highest BCUT2D eigenvalue weighted by molar-refractivity contribution is 6.03. The smallest absolute Gasteiger partial charge is 0.305 e. The second-order valence-electron chi connectivity index (χ2n) is 4.98. The molecule has 2 N–H and O–H groups in total. The molecule has 1 aromatic rings. The molecule has 7 heteroatoms. The van der Waals surface area contributed by atoms with Gasteiger partial charge < -0.3 is 20.1 Å². The summed E-state index contributed by atoms with van der Waals surface area (Å²) in [7, 11) is 0. The molecule has 7 nitrogen and oxygen atoms in total. The highest BCUT2D eigenvalue weighted by Crippen LogP contribution is 2.05. The number of carbonyl (C=O) groups excluding carboxylic acids is 3. The van der Waals surface area contributed by atoms with Crippen molar-refractivity contribution in [2.24, 2.45) is 0 Å². The Morgan fingerprint density at radius 2 is 1.75 bits per heavy atom. The Kier molecular flexibility index (Phi) is 9.87. The molecule has 0 bridgehead atoms. The highest BCUT2D eigenvalue weighted by Gasteiger charge is 2.08. The number of carbonyl (C=O) groups is 3. The first-order valence-electron chi connectivity index (χ1n) is 7.96. The minimum absolute atomic E-state index is 0.226. The fourth-order valence-electron chi connectivity index (χ4n) is 1.75. The molecule has 0 aliphatic rings. The molecular weight excluding hydrogens is 312 g/mol. The van der Waals surface area contributed by atoms with Gasteiger partial charge >= 0.3 is 5.97 Å². The van der Waals surface area contributed by atoms with Gasteiger partial charge in [-0.1, -0.05) is 25.1 Å². The molecule has 0 unspecified atom stereocenters. The molecule has 0 fully saturated rings. The van der Waals surface area contributed by atoms with Gasteiger partial charge in [-0.3, -0.25) is 14.4 Å². The zero-order valence-corrected chi connectivity index (χ0v) is 13.9. The second-order valence-corrected chi connectivity index (χ2v) is 4.98. The molecule has 1 rings (SSSR count). The third-order valence-electron chi connectivity index (χ3n) is 2.93. The molecule has 24 heavy (non-hydrogen) atoms. The average molecular weight is 336 g/mol. The van der Waals surface area contributed by atoms with E-state index in [2.05, 4.69) is 10.6 Å². The van der Waals surface area contributed by atoms with E-state index in [4.69, 9.17) is 9.47 Å². The summed E-state index contributed by atoms with van der Waals surface area (Å²) in [4.78, 5) is 34.1. The Bertz CT molecular complexity index is 519. The van der Waals surface area contributed by atoms with Crippen molar-refractivity contribution in [1.29, 1.82) is 0 Å². The number of hydrogen-bond donors (Lipinski definition) is 2. The maximum Gasteiger partial charge on any atom is 0.305 e. The topological polar surface area (TPSA) is 93.7 Å². The first-order chi connectivity index (χ1) is 11.6. The normalized spacial score (nSPS) is 10.0. The van der Waals surface area contributed by atoms with Crippen molar-refractivity contribution in [3.63, 3.8) is 0 Å². The maximum absolute atomic E-state index is 11.7. The van der Waals surface area contributed by atoms with Crippen molar-refractivity contribution >= 4 is 23.5 Å². The SMILES string of the molecule is CCC(=O)OCCCOCCNC(=O)CC(=O)Nc1ccccc1. The lowest BCUT2D eigenvalue weighted by Gasteiger charge is -2.07. The lowest BCUT2D eigenvalue weighted by molar-refractivity contribution is -0.143. The van der Waals surface area contributed by atoms with Crippen LogP contribution in [0.4, 0.5) is 5.69 Å². The van der Waals surface area contributed by atoms with E-state index in [0.717, 1.165) is 0 Å². The molecule has 0 atom stereocenters. The van der Waals surface area contributed by atoms with Crippen molar-refractivity contribution in [2.45, 2.75) is 26.2 Å². The van der Waals surface area contributed by atoms with E-state index < -0.39 is 0 Å². The van der Waals surface area contributed by atoms with Crippen LogP contribution in [0, 0.1) is 0 Å². The van der Waals surface area contributed by atoms with E-state index >= 15 is 0 Å². The molecule has 0 aromatic heterocycles. The van der Waals surface area contributed by atoms with E-state index in [-0.39, 0.29) is 24.2 Å². The molecule has 2 amide bonds. The monoisotopic (exact) mass is 336 g/mol. The summed E-state index contributed by atoms with van der Waals surface area (Å²) in [5.74, 6) is -0.947. The highest BCUT2D eigenvalue weighted by atomic mass is 16.5. The summed E-state index contributed by atoms with van der Waals surface area (Å²) in [5.41, 5.74) is 0.655. The third kappa shape index (κ3) is 9.58. The van der Waals surface area contributed by atoms with Crippen LogP contribution in [-0.2, 0) is 23.9 Å². The molecule has 0 aliphatic carbocycles. The van der Waals surface area contributed by atoms with Crippen molar-refractivity contribution < 1.29 is 23.9 Å². The predicted molar refractivity (Wildman–Crippen MR) is 89.4 cm³/mol. The van der Waals surface area contributed by atoms with Crippen LogP contribution in [0.25, 0.3) is 0 Å². The Hall–Kier alpha value is -2.41. The molecule has 0 saturated carbocycles. The molecule has 0 aliphatic heterocycles. The number of para-hydroxylation sites is 1. The number of amides is 2. The Morgan fingerprint density at radius 3 is 2.46 bits per heavy atom. The lowest BCUT2D eigenvalue weighted by atomic mass is 10.3. The number of hydrogen-bond acceptors (Lipinski definition) is 5. The summed E-state index contributed by atoms with van der Waals surface area (Å²) in [6.07, 6.45) is 0.742. The van der Waals surface area contributed by atoms with Gasteiger partial charge in [0.25, 0.3) is 0 Å². The fraction of sp³-hybridized carbons (Fsp3) is 0.471. The Labute approximate surface area is 141 Å². The van der Waals surface area contributed by atoms with E-state index in [1.165, 1.54) is 0 Å². The van der Waals surface area contributed by atoms with Gasteiger partial charge in [0, 0.05) is 31.7 Å². The number of benzene rings is 1. The summed E-state index contributed by atoms with van der Waals surface area (Å²) in [6.45, 7) is 3.18. The van der Waals surface area contributed by atoms with Crippen LogP contribution in [0.2, 0.25) is 0 Å². The van der Waals surface area contributed by atoms with Crippen LogP contribution >= 0.6 is 0 Å². The first kappa shape index (κ1) is 19.6. The van der Waals surface area contributed by atoms with Gasteiger partial charge in [0.05, 0.1) is 13.2 Å². The van der Waals surface area contributed by atoms with Gasteiger partial charge in [0.15, 0.2) is 0 Å². The number of rotatable bonds is 11. The predicted octanol–water partition coefficient (Wildman–Crippen LogP) is 1.49. The van der Waals surface area contributed by atoms with Gasteiger partial charge in [-0.25, -0.2) is 0 Å². The molecule has 132 valence electrons. The molecule has 0 heterocycles. The van der Waals surface area contributed by atoms with Crippen molar-refractivity contribution in [2.75, 3.05) is 31.7 Å². The van der Waals surface area contributed by atoms with Crippen LogP contribution in [0.3, 0.4) is 0 Å². The molecule has 0 radical (unpaired) electrons. The quantitative estimate of drug-likeness (QED) is 0.363. The molecule has 0 spiro atoms. The van der Waals surface area contributed by atoms with Crippen molar-refractivity contribution in [3.8, 4) is 0 Å². The summed E-state index contributed by atoms with van der Waals surface area (Å²) < 4.78 is 10.2. The van der Waals surface area contributed by atoms with Crippen molar-refractivity contribution in [1.82, 2.24) is 5.32 Å². The number of ether oxygens (including phenoxy) is 2. The zero-order valence-electron chi connectivity index (χ0n) is 13.9. The minimum atomic E-state index is -0.364. The van der Waals surface area contributed by atoms with Gasteiger partial charge in [0.2, 0.25) is 11.8 Å². The van der Waals surface area contributed by atoms with Crippen molar-refractivity contribution in [3.05, 3.63) is 30.3 Å². The molecular formula is C17H24N2O5. The summed E-state index contributed by atoms with van der Waals surface area (Å²) in [6, 6.07) is 8.95. The summed E-state index contributed by atoms with van der Waals surface area (Å²) in [5, 5.41) is 5.25. The van der Waals surface area contributed by atoms with Crippen LogP contribution in [-0.4, -0.2) is 44.1 Å². The lowest BCUT2D eigenvalue weighted by Crippen LogP contribution is -2.30. The zero-order chi connectivity index (χ0) is 17.6. The van der Waals surface area contributed by atoms with Crippen LogP contribution < -0.4 is 10.6 Å². The molecule has 0 saturated heterocycles. The Morgan fingerprint density at radius 1 is 1.00 bits per heavy atom. The van der Waals surface area contributed by atoms with E-state index in [1.54, 1.807) is 31.2 Å². The number of esters is 1. The largest absolute Gasteiger partial charge is 0.466 e. The van der Waals surface area contributed by atoms with Gasteiger partial charge in [-0.05, 0) is 12.1 Å². The van der Waals surface area contributed by atoms with Crippen LogP contribution in [0.1, 0.15) is 26.2 Å². The average Bonchev–Trinajstić information content (AvgIpc) is 2.57. The maximum atomic E-state index is 11.7. The van der Waals surface area contributed by atoms with Crippen LogP contribution in [0.5, 0.6) is 0 Å². The molecule has 1 aromatic carbocycles. The third-order valence-corrected chi connectivity index (χ3v) is 2.93. The van der Waals surface area contributed by atoms with E-state index in [0.29, 0.717) is 44.9 Å². The van der Waals surface area contributed by atoms with E-state index in [1.807, 2.05) is 6.07 Å². The number of anilines is 1. The Balaban J connectivity index is 2.00. The standard InChI is InChI=1S/C17H24N2O5/c1-2-17(22)24-11-6-10-23-12-9-18-15(20)13-16(21)19-14-7-4-3-5-8-14/h3-5,7-8H,2,6,9-13H2,1H3,(H,18,20)(H,19,21). The van der Waals surface area contributed by atoms with E-state index in [9.17, 15) is 14.4 Å². The first-order valence-corrected chi connectivity index (χ1v) is 7.96.